The van der Waals surface area contributed by atoms with Crippen LogP contribution in [-0.2, 0) is 6.54 Å². The maximum Gasteiger partial charge on any atom is 0.179 e. The normalized spacial score (nSPS) is 11.1. The average molecular weight is 344 g/mol. The van der Waals surface area contributed by atoms with Crippen molar-refractivity contribution >= 4 is 28.5 Å². The van der Waals surface area contributed by atoms with Crippen molar-refractivity contribution in [1.82, 2.24) is 19.7 Å². The van der Waals surface area contributed by atoms with Crippen LogP contribution in [0.25, 0.3) is 11.0 Å². The minimum atomic E-state index is 0.398. The lowest BCUT2D eigenvalue weighted by Crippen LogP contribution is -2.26. The molecule has 0 aliphatic heterocycles. The van der Waals surface area contributed by atoms with Crippen molar-refractivity contribution in [2.45, 2.75) is 33.2 Å². The van der Waals surface area contributed by atoms with Crippen molar-refractivity contribution in [2.75, 3.05) is 18.0 Å². The molecule has 0 unspecified atom stereocenters. The van der Waals surface area contributed by atoms with Crippen LogP contribution >= 0.6 is 11.6 Å². The summed E-state index contributed by atoms with van der Waals surface area (Å²) in [5.41, 5.74) is 2.88. The zero-order chi connectivity index (χ0) is 16.9. The molecule has 3 rings (SSSR count). The Morgan fingerprint density at radius 1 is 1.04 bits per heavy atom. The Kier molecular flexibility index (Phi) is 5.30. The van der Waals surface area contributed by atoms with Gasteiger partial charge in [-0.25, -0.2) is 4.98 Å². The molecule has 0 aliphatic rings. The Balaban J connectivity index is 2.03. The maximum atomic E-state index is 6.35. The van der Waals surface area contributed by atoms with Gasteiger partial charge in [0.1, 0.15) is 11.0 Å². The van der Waals surface area contributed by atoms with Crippen LogP contribution in [0.2, 0.25) is 5.15 Å². The quantitative estimate of drug-likeness (QED) is 0.646. The van der Waals surface area contributed by atoms with Gasteiger partial charge >= 0.3 is 0 Å². The van der Waals surface area contributed by atoms with Gasteiger partial charge in [0.25, 0.3) is 0 Å². The summed E-state index contributed by atoms with van der Waals surface area (Å²) in [7, 11) is 0. The smallest absolute Gasteiger partial charge is 0.179 e. The van der Waals surface area contributed by atoms with E-state index in [-0.39, 0.29) is 0 Å². The lowest BCUT2D eigenvalue weighted by atomic mass is 10.2. The summed E-state index contributed by atoms with van der Waals surface area (Å²) in [5, 5.41) is 8.91. The molecule has 2 aromatic heterocycles. The van der Waals surface area contributed by atoms with Crippen LogP contribution in [0.15, 0.2) is 36.7 Å². The summed E-state index contributed by atoms with van der Waals surface area (Å²) < 4.78 is 2.04. The predicted molar refractivity (Wildman–Crippen MR) is 98.7 cm³/mol. The second-order valence-electron chi connectivity index (χ2n) is 5.86. The fourth-order valence-electron chi connectivity index (χ4n) is 2.92. The van der Waals surface area contributed by atoms with E-state index in [0.29, 0.717) is 11.7 Å². The van der Waals surface area contributed by atoms with E-state index < -0.39 is 0 Å². The van der Waals surface area contributed by atoms with Crippen LogP contribution in [0.5, 0.6) is 0 Å². The third kappa shape index (κ3) is 3.36. The van der Waals surface area contributed by atoms with Gasteiger partial charge in [-0.3, -0.25) is 0 Å². The molecule has 1 aromatic carbocycles. The SMILES string of the molecule is CCCN(CCC)c1nnc(Cl)c2c1ncn2Cc1ccccc1. The molecule has 0 atom stereocenters. The van der Waals surface area contributed by atoms with E-state index in [1.54, 1.807) is 0 Å². The van der Waals surface area contributed by atoms with Crippen LogP contribution < -0.4 is 4.90 Å². The van der Waals surface area contributed by atoms with E-state index in [0.717, 1.165) is 42.8 Å². The molecule has 0 bridgehead atoms. The number of nitrogens with zero attached hydrogens (tertiary/aromatic N) is 5. The van der Waals surface area contributed by atoms with Crippen LogP contribution in [0.4, 0.5) is 5.82 Å². The van der Waals surface area contributed by atoms with Crippen molar-refractivity contribution in [3.05, 3.63) is 47.4 Å². The van der Waals surface area contributed by atoms with Crippen molar-refractivity contribution in [1.29, 1.82) is 0 Å². The molecule has 0 radical (unpaired) electrons. The van der Waals surface area contributed by atoms with Gasteiger partial charge in [0.05, 0.1) is 6.33 Å². The number of anilines is 1. The number of halogens is 1. The molecule has 5 nitrogen and oxygen atoms in total. The number of hydrogen-bond donors (Lipinski definition) is 0. The van der Waals surface area contributed by atoms with Crippen LogP contribution in [0.3, 0.4) is 0 Å². The molecule has 126 valence electrons. The largest absolute Gasteiger partial charge is 0.353 e. The number of fused-ring (bicyclic) bond motifs is 1. The molecular weight excluding hydrogens is 322 g/mol. The van der Waals surface area contributed by atoms with Gasteiger partial charge in [0, 0.05) is 19.6 Å². The Hall–Kier alpha value is -2.14. The van der Waals surface area contributed by atoms with Gasteiger partial charge in [-0.15, -0.1) is 10.2 Å². The van der Waals surface area contributed by atoms with Crippen molar-refractivity contribution < 1.29 is 0 Å². The third-order valence-electron chi connectivity index (χ3n) is 3.96. The molecule has 0 spiro atoms. The zero-order valence-electron chi connectivity index (χ0n) is 14.1. The highest BCUT2D eigenvalue weighted by atomic mass is 35.5. The van der Waals surface area contributed by atoms with Gasteiger partial charge in [-0.1, -0.05) is 55.8 Å². The molecule has 2 heterocycles. The van der Waals surface area contributed by atoms with E-state index in [2.05, 4.69) is 46.1 Å². The summed E-state index contributed by atoms with van der Waals surface area (Å²) in [5.74, 6) is 0.824. The second kappa shape index (κ2) is 7.62. The Bertz CT molecular complexity index is 794. The molecule has 0 fully saturated rings. The highest BCUT2D eigenvalue weighted by Gasteiger charge is 2.18. The third-order valence-corrected chi connectivity index (χ3v) is 4.21. The number of benzene rings is 1. The maximum absolute atomic E-state index is 6.35. The minimum Gasteiger partial charge on any atom is -0.353 e. The van der Waals surface area contributed by atoms with Crippen LogP contribution in [0.1, 0.15) is 32.3 Å². The van der Waals surface area contributed by atoms with Gasteiger partial charge in [-0.2, -0.15) is 0 Å². The lowest BCUT2D eigenvalue weighted by molar-refractivity contribution is 0.729. The highest BCUT2D eigenvalue weighted by Crippen LogP contribution is 2.28. The molecule has 0 saturated heterocycles. The molecular formula is C18H22ClN5. The minimum absolute atomic E-state index is 0.398. The first-order valence-electron chi connectivity index (χ1n) is 8.40. The Labute approximate surface area is 147 Å². The topological polar surface area (TPSA) is 46.8 Å². The molecule has 3 aromatic rings. The van der Waals surface area contributed by atoms with E-state index in [9.17, 15) is 0 Å². The monoisotopic (exact) mass is 343 g/mol. The molecule has 0 amide bonds. The molecule has 24 heavy (non-hydrogen) atoms. The number of imidazole rings is 1. The number of rotatable bonds is 7. The second-order valence-corrected chi connectivity index (χ2v) is 6.21. The van der Waals surface area contributed by atoms with Gasteiger partial charge in [-0.05, 0) is 18.4 Å². The first-order valence-corrected chi connectivity index (χ1v) is 8.78. The first kappa shape index (κ1) is 16.7. The predicted octanol–water partition coefficient (Wildman–Crippen LogP) is 4.15. The summed E-state index contributed by atoms with van der Waals surface area (Å²) in [4.78, 5) is 6.84. The van der Waals surface area contributed by atoms with E-state index in [1.165, 1.54) is 5.56 Å². The fraction of sp³-hybridized carbons (Fsp3) is 0.389. The molecule has 0 saturated carbocycles. The summed E-state index contributed by atoms with van der Waals surface area (Å²) in [6, 6.07) is 10.3. The molecule has 0 N–H and O–H groups in total. The summed E-state index contributed by atoms with van der Waals surface area (Å²) in [6.45, 7) is 6.91. The van der Waals surface area contributed by atoms with Crippen molar-refractivity contribution in [2.24, 2.45) is 0 Å². The average Bonchev–Trinajstić information content (AvgIpc) is 3.01. The van der Waals surface area contributed by atoms with Gasteiger partial charge < -0.3 is 9.47 Å². The summed E-state index contributed by atoms with van der Waals surface area (Å²) >= 11 is 6.35. The van der Waals surface area contributed by atoms with E-state index in [1.807, 2.05) is 29.1 Å². The van der Waals surface area contributed by atoms with Gasteiger partial charge in [0.2, 0.25) is 0 Å². The van der Waals surface area contributed by atoms with Crippen molar-refractivity contribution in [3.63, 3.8) is 0 Å². The first-order chi connectivity index (χ1) is 11.7. The van der Waals surface area contributed by atoms with Crippen LogP contribution in [-0.4, -0.2) is 32.8 Å². The van der Waals surface area contributed by atoms with E-state index in [4.69, 9.17) is 11.6 Å². The fourth-order valence-corrected chi connectivity index (χ4v) is 3.16. The van der Waals surface area contributed by atoms with Gasteiger partial charge in [0.15, 0.2) is 11.0 Å². The molecule has 0 aliphatic carbocycles. The zero-order valence-corrected chi connectivity index (χ0v) is 14.9. The Morgan fingerprint density at radius 3 is 2.42 bits per heavy atom. The van der Waals surface area contributed by atoms with E-state index >= 15 is 0 Å². The van der Waals surface area contributed by atoms with Crippen LogP contribution in [0, 0.1) is 0 Å². The Morgan fingerprint density at radius 2 is 1.75 bits per heavy atom. The van der Waals surface area contributed by atoms with Crippen molar-refractivity contribution in [3.8, 4) is 0 Å². The number of aromatic nitrogens is 4. The lowest BCUT2D eigenvalue weighted by Gasteiger charge is -2.22. The standard InChI is InChI=1S/C18H22ClN5/c1-3-10-23(11-4-2)18-15-16(17(19)21-22-18)24(13-20-15)12-14-8-6-5-7-9-14/h5-9,13H,3-4,10-12H2,1-2H3. The molecule has 6 heteroatoms. The number of hydrogen-bond acceptors (Lipinski definition) is 4. The highest BCUT2D eigenvalue weighted by molar-refractivity contribution is 6.33. The summed E-state index contributed by atoms with van der Waals surface area (Å²) in [6.07, 6.45) is 3.93.